The number of aliphatic hydroxyl groups is 1. The summed E-state index contributed by atoms with van der Waals surface area (Å²) in [5, 5.41) is 19.9. The third kappa shape index (κ3) is 9.09. The van der Waals surface area contributed by atoms with E-state index in [-0.39, 0.29) is 42.0 Å². The Balaban J connectivity index is 1.58. The van der Waals surface area contributed by atoms with Gasteiger partial charge in [0.15, 0.2) is 21.3 Å². The van der Waals surface area contributed by atoms with Crippen molar-refractivity contribution in [2.45, 2.75) is 56.2 Å². The number of rotatable bonds is 15. The fourth-order valence-electron chi connectivity index (χ4n) is 4.40. The summed E-state index contributed by atoms with van der Waals surface area (Å²) in [6, 6.07) is 13.1. The van der Waals surface area contributed by atoms with Crippen LogP contribution in [0, 0.1) is 5.92 Å². The van der Waals surface area contributed by atoms with Gasteiger partial charge < -0.3 is 30.5 Å². The zero-order chi connectivity index (χ0) is 29.3. The highest BCUT2D eigenvalue weighted by Gasteiger charge is 2.31. The third-order valence-electron chi connectivity index (χ3n) is 6.49. The summed E-state index contributed by atoms with van der Waals surface area (Å²) >= 11 is 5.56. The van der Waals surface area contributed by atoms with Crippen LogP contribution in [0.15, 0.2) is 53.4 Å². The van der Waals surface area contributed by atoms with Gasteiger partial charge in [-0.2, -0.15) is 0 Å². The fourth-order valence-corrected chi connectivity index (χ4v) is 6.13. The van der Waals surface area contributed by atoms with Crippen molar-refractivity contribution in [3.63, 3.8) is 0 Å². The average molecular weight is 596 g/mol. The molecule has 2 aromatic rings. The maximum absolute atomic E-state index is 13.1. The molecule has 0 fully saturated rings. The van der Waals surface area contributed by atoms with Crippen molar-refractivity contribution < 1.29 is 32.6 Å². The van der Waals surface area contributed by atoms with Gasteiger partial charge in [0, 0.05) is 25.2 Å². The lowest BCUT2D eigenvalue weighted by Crippen LogP contribution is -2.50. The molecule has 1 heterocycles. The Bertz CT molecular complexity index is 1260. The van der Waals surface area contributed by atoms with Crippen LogP contribution in [0.3, 0.4) is 0 Å². The lowest BCUT2D eigenvalue weighted by Gasteiger charge is -2.28. The smallest absolute Gasteiger partial charge is 0.242 e. The van der Waals surface area contributed by atoms with E-state index in [2.05, 4.69) is 16.0 Å². The Labute approximate surface area is 240 Å². The van der Waals surface area contributed by atoms with Crippen molar-refractivity contribution in [2.24, 2.45) is 5.92 Å². The van der Waals surface area contributed by atoms with Crippen LogP contribution < -0.4 is 25.4 Å². The number of benzene rings is 2. The molecule has 1 aliphatic heterocycles. The molecule has 1 aliphatic rings. The van der Waals surface area contributed by atoms with Gasteiger partial charge >= 0.3 is 0 Å². The number of ether oxygens (including phenoxy) is 2. The van der Waals surface area contributed by atoms with Crippen molar-refractivity contribution in [3.8, 4) is 11.5 Å². The molecule has 1 unspecified atom stereocenters. The van der Waals surface area contributed by atoms with Gasteiger partial charge in [-0.25, -0.2) is 8.42 Å². The highest BCUT2D eigenvalue weighted by molar-refractivity contribution is 7.91. The van der Waals surface area contributed by atoms with Gasteiger partial charge in [0.2, 0.25) is 18.6 Å². The molecule has 2 amide bonds. The van der Waals surface area contributed by atoms with E-state index in [1.165, 1.54) is 19.1 Å². The zero-order valence-corrected chi connectivity index (χ0v) is 24.6. The number of carbonyl (C=O) groups excluding carboxylic acids is 2. The van der Waals surface area contributed by atoms with Crippen molar-refractivity contribution in [1.29, 1.82) is 0 Å². The molecule has 0 bridgehead atoms. The predicted molar refractivity (Wildman–Crippen MR) is 152 cm³/mol. The third-order valence-corrected chi connectivity index (χ3v) is 8.71. The van der Waals surface area contributed by atoms with E-state index >= 15 is 0 Å². The minimum Gasteiger partial charge on any atom is -0.454 e. The normalized spacial score (nSPS) is 15.8. The second-order valence-electron chi connectivity index (χ2n) is 10.5. The van der Waals surface area contributed by atoms with Crippen molar-refractivity contribution >= 4 is 33.3 Å². The first-order valence-corrected chi connectivity index (χ1v) is 15.4. The van der Waals surface area contributed by atoms with Crippen LogP contribution in [0.5, 0.6) is 11.5 Å². The molecular formula is C28H38ClN3O7S. The molecule has 0 aromatic heterocycles. The maximum Gasteiger partial charge on any atom is 0.242 e. The second-order valence-corrected chi connectivity index (χ2v) is 12.7. The fraction of sp³-hybridized carbons (Fsp3) is 0.500. The number of halogens is 1. The zero-order valence-electron chi connectivity index (χ0n) is 23.0. The first kappa shape index (κ1) is 31.7. The lowest BCUT2D eigenvalue weighted by molar-refractivity contribution is -0.129. The number of fused-ring (bicyclic) bond motifs is 1. The van der Waals surface area contributed by atoms with Crippen LogP contribution in [0.4, 0.5) is 0 Å². The number of nitrogens with one attached hydrogen (secondary N) is 3. The molecule has 12 heteroatoms. The van der Waals surface area contributed by atoms with Gasteiger partial charge in [0.05, 0.1) is 16.2 Å². The highest BCUT2D eigenvalue weighted by Crippen LogP contribution is 2.34. The largest absolute Gasteiger partial charge is 0.454 e. The molecule has 3 atom stereocenters. The molecule has 3 rings (SSSR count). The van der Waals surface area contributed by atoms with Crippen molar-refractivity contribution in [2.75, 3.05) is 31.5 Å². The number of alkyl halides is 1. The summed E-state index contributed by atoms with van der Waals surface area (Å²) in [5.41, 5.74) is -0.598. The van der Waals surface area contributed by atoms with Crippen LogP contribution in [-0.2, 0) is 19.4 Å². The molecule has 0 aliphatic carbocycles. The first-order valence-electron chi connectivity index (χ1n) is 13.2. The van der Waals surface area contributed by atoms with E-state index < -0.39 is 33.1 Å². The van der Waals surface area contributed by atoms with Crippen LogP contribution in [0.2, 0.25) is 0 Å². The summed E-state index contributed by atoms with van der Waals surface area (Å²) in [6.45, 7) is 5.59. The number of hydrogen-bond acceptors (Lipinski definition) is 8. The Morgan fingerprint density at radius 3 is 2.48 bits per heavy atom. The second kappa shape index (κ2) is 14.2. The summed E-state index contributed by atoms with van der Waals surface area (Å²) in [6.07, 6.45) is 1.21. The Hall–Kier alpha value is -2.86. The predicted octanol–water partition coefficient (Wildman–Crippen LogP) is 2.55. The average Bonchev–Trinajstić information content (AvgIpc) is 3.39. The molecule has 40 heavy (non-hydrogen) atoms. The van der Waals surface area contributed by atoms with Crippen molar-refractivity contribution in [1.82, 2.24) is 16.0 Å². The van der Waals surface area contributed by atoms with E-state index in [4.69, 9.17) is 21.1 Å². The van der Waals surface area contributed by atoms with Gasteiger partial charge in [-0.05, 0) is 43.4 Å². The van der Waals surface area contributed by atoms with Gasteiger partial charge in [-0.1, -0.05) is 44.2 Å². The minimum absolute atomic E-state index is 0.0165. The minimum atomic E-state index is -3.82. The standard InChI is InChI=1S/C28H38ClN3O7S/c1-19(2)26(32-25(33)15-29)27(34)30-13-7-10-22(20-8-5-4-6-9-20)31-16-28(3,35)17-40(36,37)21-11-12-23-24(14-21)39-18-38-23/h4-6,8-9,11-12,14,19,22,26,31,35H,7,10,13,15-18H2,1-3H3,(H,30,34)(H,32,33)/t22?,26-,28+/m0/s1. The maximum atomic E-state index is 13.1. The number of amides is 2. The van der Waals surface area contributed by atoms with Gasteiger partial charge in [0.25, 0.3) is 0 Å². The molecule has 0 saturated heterocycles. The van der Waals surface area contributed by atoms with E-state index in [0.717, 1.165) is 5.56 Å². The summed E-state index contributed by atoms with van der Waals surface area (Å²) in [5.74, 6) is -0.671. The molecule has 10 nitrogen and oxygen atoms in total. The van der Waals surface area contributed by atoms with Crippen molar-refractivity contribution in [3.05, 3.63) is 54.1 Å². The molecule has 2 aromatic carbocycles. The highest BCUT2D eigenvalue weighted by atomic mass is 35.5. The molecule has 0 radical (unpaired) electrons. The van der Waals surface area contributed by atoms with E-state index in [9.17, 15) is 23.1 Å². The van der Waals surface area contributed by atoms with Crippen LogP contribution >= 0.6 is 11.6 Å². The monoisotopic (exact) mass is 595 g/mol. The molecular weight excluding hydrogens is 558 g/mol. The topological polar surface area (TPSA) is 143 Å². The van der Waals surface area contributed by atoms with Crippen LogP contribution in [-0.4, -0.2) is 68.5 Å². The summed E-state index contributed by atoms with van der Waals surface area (Å²) in [7, 11) is -3.82. The van der Waals surface area contributed by atoms with E-state index in [0.29, 0.717) is 30.9 Å². The van der Waals surface area contributed by atoms with Gasteiger partial charge in [-0.3, -0.25) is 9.59 Å². The van der Waals surface area contributed by atoms with Crippen LogP contribution in [0.1, 0.15) is 45.2 Å². The van der Waals surface area contributed by atoms with Crippen LogP contribution in [0.25, 0.3) is 0 Å². The molecule has 220 valence electrons. The van der Waals surface area contributed by atoms with Gasteiger partial charge in [-0.15, -0.1) is 11.6 Å². The molecule has 0 spiro atoms. The summed E-state index contributed by atoms with van der Waals surface area (Å²) < 4.78 is 36.7. The van der Waals surface area contributed by atoms with E-state index in [1.807, 2.05) is 44.2 Å². The first-order chi connectivity index (χ1) is 18.9. The van der Waals surface area contributed by atoms with E-state index in [1.54, 1.807) is 6.07 Å². The SMILES string of the molecule is CC(C)[C@H](NC(=O)CCl)C(=O)NCCCC(NC[C@@](C)(O)CS(=O)(=O)c1ccc2c(c1)OCO2)c1ccccc1. The molecule has 4 N–H and O–H groups in total. The Morgan fingerprint density at radius 1 is 1.10 bits per heavy atom. The summed E-state index contributed by atoms with van der Waals surface area (Å²) in [4.78, 5) is 24.4. The lowest BCUT2D eigenvalue weighted by atomic mass is 10.00. The quantitative estimate of drug-likeness (QED) is 0.182. The van der Waals surface area contributed by atoms with Gasteiger partial charge in [0.1, 0.15) is 11.9 Å². The molecule has 0 saturated carbocycles. The Morgan fingerprint density at radius 2 is 1.80 bits per heavy atom. The number of carbonyl (C=O) groups is 2. The Kier molecular flexibility index (Phi) is 11.2. The number of hydrogen-bond donors (Lipinski definition) is 4. The number of sulfone groups is 1.